The van der Waals surface area contributed by atoms with E-state index in [-0.39, 0.29) is 36.6 Å². The SMILES string of the molecule is N#CCn1c(COC(=O)Cn2cnc3ccccc3c2=O)nc2ccccc2c1=O. The number of nitriles is 1. The van der Waals surface area contributed by atoms with Crippen molar-refractivity contribution in [1.29, 1.82) is 5.26 Å². The zero-order valence-electron chi connectivity index (χ0n) is 15.7. The van der Waals surface area contributed by atoms with Gasteiger partial charge in [-0.25, -0.2) is 9.97 Å². The van der Waals surface area contributed by atoms with Gasteiger partial charge < -0.3 is 4.74 Å². The van der Waals surface area contributed by atoms with Crippen molar-refractivity contribution in [1.82, 2.24) is 19.1 Å². The third-order valence-corrected chi connectivity index (χ3v) is 4.56. The summed E-state index contributed by atoms with van der Waals surface area (Å²) >= 11 is 0. The lowest BCUT2D eigenvalue weighted by Gasteiger charge is -2.12. The van der Waals surface area contributed by atoms with Crippen LogP contribution >= 0.6 is 0 Å². The number of esters is 1. The van der Waals surface area contributed by atoms with Crippen LogP contribution in [0.1, 0.15) is 5.82 Å². The van der Waals surface area contributed by atoms with Gasteiger partial charge in [-0.3, -0.25) is 23.5 Å². The minimum Gasteiger partial charge on any atom is -0.456 e. The van der Waals surface area contributed by atoms with E-state index in [0.717, 1.165) is 4.57 Å². The topological polar surface area (TPSA) is 120 Å². The average Bonchev–Trinajstić information content (AvgIpc) is 2.77. The summed E-state index contributed by atoms with van der Waals surface area (Å²) in [5.74, 6) is -0.544. The van der Waals surface area contributed by atoms with Gasteiger partial charge in [0.1, 0.15) is 19.7 Å². The Hall–Kier alpha value is -4.32. The zero-order valence-corrected chi connectivity index (χ0v) is 15.7. The van der Waals surface area contributed by atoms with E-state index in [1.807, 2.05) is 6.07 Å². The number of benzene rings is 2. The highest BCUT2D eigenvalue weighted by Crippen LogP contribution is 2.09. The van der Waals surface area contributed by atoms with E-state index in [4.69, 9.17) is 10.00 Å². The van der Waals surface area contributed by atoms with Crippen molar-refractivity contribution in [2.45, 2.75) is 19.7 Å². The number of rotatable bonds is 5. The lowest BCUT2D eigenvalue weighted by atomic mass is 10.2. The Morgan fingerprint density at radius 1 is 1.00 bits per heavy atom. The molecule has 4 aromatic rings. The molecule has 9 heteroatoms. The van der Waals surface area contributed by atoms with E-state index in [0.29, 0.717) is 21.8 Å². The van der Waals surface area contributed by atoms with Gasteiger partial charge in [0.05, 0.1) is 34.2 Å². The first-order valence-electron chi connectivity index (χ1n) is 9.03. The molecule has 0 saturated carbocycles. The molecule has 0 saturated heterocycles. The van der Waals surface area contributed by atoms with Gasteiger partial charge in [-0.2, -0.15) is 5.26 Å². The highest BCUT2D eigenvalue weighted by molar-refractivity contribution is 5.78. The van der Waals surface area contributed by atoms with Crippen molar-refractivity contribution < 1.29 is 9.53 Å². The number of aromatic nitrogens is 4. The molecule has 2 aromatic carbocycles. The van der Waals surface area contributed by atoms with Crippen LogP contribution in [0.25, 0.3) is 21.8 Å². The van der Waals surface area contributed by atoms with Crippen molar-refractivity contribution in [2.24, 2.45) is 0 Å². The maximum Gasteiger partial charge on any atom is 0.326 e. The van der Waals surface area contributed by atoms with Crippen LogP contribution in [0.2, 0.25) is 0 Å². The first kappa shape index (κ1) is 19.0. The molecule has 148 valence electrons. The molecule has 0 atom stereocenters. The second-order valence-electron chi connectivity index (χ2n) is 6.45. The minimum absolute atomic E-state index is 0.151. The van der Waals surface area contributed by atoms with Crippen molar-refractivity contribution in [3.63, 3.8) is 0 Å². The molecular formula is C21H15N5O4. The fraction of sp³-hybridized carbons (Fsp3) is 0.143. The molecule has 0 bridgehead atoms. The molecule has 2 aromatic heterocycles. The van der Waals surface area contributed by atoms with E-state index in [9.17, 15) is 14.4 Å². The summed E-state index contributed by atoms with van der Waals surface area (Å²) < 4.78 is 7.55. The lowest BCUT2D eigenvalue weighted by molar-refractivity contribution is -0.146. The van der Waals surface area contributed by atoms with Crippen LogP contribution in [-0.4, -0.2) is 25.1 Å². The molecule has 0 fully saturated rings. The monoisotopic (exact) mass is 401 g/mol. The van der Waals surface area contributed by atoms with Gasteiger partial charge >= 0.3 is 5.97 Å². The van der Waals surface area contributed by atoms with Gasteiger partial charge in [-0.05, 0) is 24.3 Å². The summed E-state index contributed by atoms with van der Waals surface area (Å²) in [7, 11) is 0. The molecule has 0 unspecified atom stereocenters. The molecule has 0 amide bonds. The van der Waals surface area contributed by atoms with E-state index in [1.165, 1.54) is 10.9 Å². The molecule has 30 heavy (non-hydrogen) atoms. The Morgan fingerprint density at radius 2 is 1.67 bits per heavy atom. The maximum atomic E-state index is 12.6. The van der Waals surface area contributed by atoms with Gasteiger partial charge in [-0.15, -0.1) is 0 Å². The summed E-state index contributed by atoms with van der Waals surface area (Å²) in [6, 6.07) is 15.5. The molecule has 0 spiro atoms. The highest BCUT2D eigenvalue weighted by atomic mass is 16.5. The van der Waals surface area contributed by atoms with E-state index < -0.39 is 5.97 Å². The fourth-order valence-electron chi connectivity index (χ4n) is 3.11. The van der Waals surface area contributed by atoms with Crippen LogP contribution in [0.5, 0.6) is 0 Å². The lowest BCUT2D eigenvalue weighted by Crippen LogP contribution is -2.28. The summed E-state index contributed by atoms with van der Waals surface area (Å²) in [6.45, 7) is -0.874. The molecule has 0 radical (unpaired) electrons. The van der Waals surface area contributed by atoms with Crippen LogP contribution in [0.4, 0.5) is 0 Å². The zero-order chi connectivity index (χ0) is 21.1. The first-order chi connectivity index (χ1) is 14.6. The Bertz CT molecular complexity index is 1430. The molecule has 0 aliphatic heterocycles. The number of ether oxygens (including phenoxy) is 1. The molecule has 0 aliphatic carbocycles. The first-order valence-corrected chi connectivity index (χ1v) is 9.03. The molecule has 2 heterocycles. The van der Waals surface area contributed by atoms with Crippen LogP contribution < -0.4 is 11.1 Å². The number of carbonyl (C=O) groups excluding carboxylic acids is 1. The van der Waals surface area contributed by atoms with E-state index >= 15 is 0 Å². The van der Waals surface area contributed by atoms with Crippen molar-refractivity contribution in [3.05, 3.63) is 81.4 Å². The van der Waals surface area contributed by atoms with Gasteiger partial charge in [-0.1, -0.05) is 24.3 Å². The quantitative estimate of drug-likeness (QED) is 0.463. The van der Waals surface area contributed by atoms with Gasteiger partial charge in [0, 0.05) is 0 Å². The van der Waals surface area contributed by atoms with Gasteiger partial charge in [0.2, 0.25) is 0 Å². The predicted molar refractivity (Wildman–Crippen MR) is 107 cm³/mol. The summed E-state index contributed by atoms with van der Waals surface area (Å²) in [4.78, 5) is 45.9. The Morgan fingerprint density at radius 3 is 2.40 bits per heavy atom. The summed E-state index contributed by atoms with van der Waals surface area (Å²) in [6.07, 6.45) is 1.28. The van der Waals surface area contributed by atoms with Crippen molar-refractivity contribution in [2.75, 3.05) is 0 Å². The molecule has 0 aliphatic rings. The van der Waals surface area contributed by atoms with Crippen LogP contribution in [0.15, 0.2) is 64.4 Å². The predicted octanol–water partition coefficient (Wildman–Crippen LogP) is 1.37. The second-order valence-corrected chi connectivity index (χ2v) is 6.45. The number of nitrogens with zero attached hydrogens (tertiary/aromatic N) is 5. The number of para-hydroxylation sites is 2. The Balaban J connectivity index is 1.57. The van der Waals surface area contributed by atoms with Crippen molar-refractivity contribution >= 4 is 27.8 Å². The highest BCUT2D eigenvalue weighted by Gasteiger charge is 2.14. The second kappa shape index (κ2) is 7.97. The largest absolute Gasteiger partial charge is 0.456 e. The van der Waals surface area contributed by atoms with Crippen LogP contribution in [-0.2, 0) is 29.2 Å². The smallest absolute Gasteiger partial charge is 0.326 e. The maximum absolute atomic E-state index is 12.6. The number of hydrogen-bond acceptors (Lipinski definition) is 7. The fourth-order valence-corrected chi connectivity index (χ4v) is 3.11. The third-order valence-electron chi connectivity index (χ3n) is 4.56. The van der Waals surface area contributed by atoms with E-state index in [2.05, 4.69) is 9.97 Å². The molecule has 9 nitrogen and oxygen atoms in total. The standard InChI is InChI=1S/C21H15N5O4/c22-9-10-26-18(24-17-8-4-2-6-15(17)21(26)29)12-30-19(27)11-25-13-23-16-7-3-1-5-14(16)20(25)28/h1-8,13H,10-12H2. The Kier molecular flexibility index (Phi) is 5.05. The number of carbonyl (C=O) groups is 1. The molecule has 4 rings (SSSR count). The van der Waals surface area contributed by atoms with Gasteiger partial charge in [0.25, 0.3) is 11.1 Å². The summed E-state index contributed by atoms with van der Waals surface area (Å²) in [5.41, 5.74) is 0.233. The average molecular weight is 401 g/mol. The van der Waals surface area contributed by atoms with Crippen LogP contribution in [0, 0.1) is 11.3 Å². The normalized spacial score (nSPS) is 10.8. The Labute approximate surface area is 169 Å². The van der Waals surface area contributed by atoms with Gasteiger partial charge in [0.15, 0.2) is 5.82 Å². The molecule has 0 N–H and O–H groups in total. The van der Waals surface area contributed by atoms with Crippen molar-refractivity contribution in [3.8, 4) is 6.07 Å². The van der Waals surface area contributed by atoms with Crippen LogP contribution in [0.3, 0.4) is 0 Å². The van der Waals surface area contributed by atoms with E-state index in [1.54, 1.807) is 48.5 Å². The third kappa shape index (κ3) is 3.54. The number of fused-ring (bicyclic) bond motifs is 2. The molecular weight excluding hydrogens is 386 g/mol. The number of hydrogen-bond donors (Lipinski definition) is 0. The summed E-state index contributed by atoms with van der Waals surface area (Å²) in [5, 5.41) is 9.81. The minimum atomic E-state index is -0.694.